The average Bonchev–Trinajstić information content (AvgIpc) is 2.36. The minimum Gasteiger partial charge on any atom is -0.496 e. The van der Waals surface area contributed by atoms with Crippen LogP contribution in [0, 0.1) is 0 Å². The normalized spacial score (nSPS) is 22.8. The van der Waals surface area contributed by atoms with E-state index in [1.165, 1.54) is 5.56 Å². The summed E-state index contributed by atoms with van der Waals surface area (Å²) in [6, 6.07) is 4.38. The van der Waals surface area contributed by atoms with E-state index in [1.54, 1.807) is 21.3 Å². The number of rotatable bonds is 4. The molecule has 0 aliphatic carbocycles. The number of ether oxygens (including phenoxy) is 3. The Labute approximate surface area is 102 Å². The molecule has 1 saturated heterocycles. The first-order valence-electron chi connectivity index (χ1n) is 5.74. The fraction of sp³-hybridized carbons (Fsp3) is 0.538. The topological polar surface area (TPSA) is 39.7 Å². The number of hydrogen-bond acceptors (Lipinski definition) is 4. The first kappa shape index (κ1) is 12.0. The smallest absolute Gasteiger partial charge is 0.164 e. The monoisotopic (exact) mass is 237 g/mol. The van der Waals surface area contributed by atoms with Gasteiger partial charge in [-0.2, -0.15) is 0 Å². The summed E-state index contributed by atoms with van der Waals surface area (Å²) in [5, 5.41) is 3.35. The zero-order chi connectivity index (χ0) is 12.4. The third kappa shape index (κ3) is 2.05. The fourth-order valence-corrected chi connectivity index (χ4v) is 2.19. The van der Waals surface area contributed by atoms with Gasteiger partial charge in [-0.15, -0.1) is 0 Å². The first-order chi connectivity index (χ1) is 8.21. The molecule has 94 valence electrons. The van der Waals surface area contributed by atoms with Gasteiger partial charge in [0.15, 0.2) is 11.5 Å². The molecule has 1 aromatic carbocycles. The maximum absolute atomic E-state index is 5.43. The largest absolute Gasteiger partial charge is 0.496 e. The molecule has 2 rings (SSSR count). The number of benzene rings is 1. The van der Waals surface area contributed by atoms with Gasteiger partial charge in [-0.25, -0.2) is 0 Å². The summed E-state index contributed by atoms with van der Waals surface area (Å²) in [6.45, 7) is 3.15. The Morgan fingerprint density at radius 3 is 2.00 bits per heavy atom. The van der Waals surface area contributed by atoms with Crippen molar-refractivity contribution in [1.29, 1.82) is 0 Å². The molecule has 1 heterocycles. The number of hydrogen-bond donors (Lipinski definition) is 1. The Bertz CT molecular complexity index is 406. The third-order valence-corrected chi connectivity index (χ3v) is 3.40. The van der Waals surface area contributed by atoms with Crippen LogP contribution in [0.25, 0.3) is 0 Å². The van der Waals surface area contributed by atoms with Crippen molar-refractivity contribution in [2.75, 3.05) is 27.9 Å². The van der Waals surface area contributed by atoms with Crippen molar-refractivity contribution in [3.05, 3.63) is 17.7 Å². The maximum atomic E-state index is 5.43. The van der Waals surface area contributed by atoms with E-state index in [0.717, 1.165) is 18.0 Å². The lowest BCUT2D eigenvalue weighted by Crippen LogP contribution is -2.48. The Hall–Kier alpha value is -1.42. The molecule has 1 aliphatic rings. The molecule has 0 radical (unpaired) electrons. The van der Waals surface area contributed by atoms with Crippen LogP contribution in [0.5, 0.6) is 17.2 Å². The zero-order valence-corrected chi connectivity index (χ0v) is 10.7. The molecule has 4 nitrogen and oxygen atoms in total. The van der Waals surface area contributed by atoms with Crippen LogP contribution < -0.4 is 19.5 Å². The van der Waals surface area contributed by atoms with Crippen LogP contribution >= 0.6 is 0 Å². The Morgan fingerprint density at radius 1 is 1.00 bits per heavy atom. The van der Waals surface area contributed by atoms with Crippen molar-refractivity contribution < 1.29 is 14.2 Å². The maximum Gasteiger partial charge on any atom is 0.164 e. The summed E-state index contributed by atoms with van der Waals surface area (Å²) in [6.07, 6.45) is 0. The quantitative estimate of drug-likeness (QED) is 0.866. The molecule has 0 aromatic heterocycles. The molecule has 1 aliphatic heterocycles. The molecule has 0 bridgehead atoms. The van der Waals surface area contributed by atoms with E-state index in [0.29, 0.717) is 17.7 Å². The van der Waals surface area contributed by atoms with Crippen LogP contribution in [0.3, 0.4) is 0 Å². The van der Waals surface area contributed by atoms with Crippen LogP contribution in [0.15, 0.2) is 12.1 Å². The molecule has 2 atom stereocenters. The highest BCUT2D eigenvalue weighted by Gasteiger charge is 2.31. The fourth-order valence-electron chi connectivity index (χ4n) is 2.19. The number of methoxy groups -OCH3 is 3. The van der Waals surface area contributed by atoms with E-state index in [9.17, 15) is 0 Å². The van der Waals surface area contributed by atoms with Crippen molar-refractivity contribution in [1.82, 2.24) is 5.32 Å². The molecule has 4 heteroatoms. The Balaban J connectivity index is 2.42. The second kappa shape index (κ2) is 4.84. The predicted molar refractivity (Wildman–Crippen MR) is 66.3 cm³/mol. The van der Waals surface area contributed by atoms with Crippen molar-refractivity contribution in [3.63, 3.8) is 0 Å². The van der Waals surface area contributed by atoms with Gasteiger partial charge in [-0.1, -0.05) is 0 Å². The lowest BCUT2D eigenvalue weighted by molar-refractivity contribution is 0.312. The van der Waals surface area contributed by atoms with Crippen LogP contribution in [0.4, 0.5) is 0 Å². The summed E-state index contributed by atoms with van der Waals surface area (Å²) in [4.78, 5) is 0. The van der Waals surface area contributed by atoms with E-state index in [-0.39, 0.29) is 0 Å². The van der Waals surface area contributed by atoms with E-state index in [2.05, 4.69) is 12.2 Å². The molecule has 1 N–H and O–H groups in total. The van der Waals surface area contributed by atoms with Gasteiger partial charge in [0.2, 0.25) is 0 Å². The van der Waals surface area contributed by atoms with Crippen molar-refractivity contribution in [3.8, 4) is 17.2 Å². The van der Waals surface area contributed by atoms with Gasteiger partial charge in [0.1, 0.15) is 5.75 Å². The van der Waals surface area contributed by atoms with E-state index >= 15 is 0 Å². The van der Waals surface area contributed by atoms with Gasteiger partial charge in [0.25, 0.3) is 0 Å². The Morgan fingerprint density at radius 2 is 1.59 bits per heavy atom. The van der Waals surface area contributed by atoms with Gasteiger partial charge in [0, 0.05) is 30.1 Å². The summed E-state index contributed by atoms with van der Waals surface area (Å²) < 4.78 is 16.0. The highest BCUT2D eigenvalue weighted by Crippen LogP contribution is 2.40. The highest BCUT2D eigenvalue weighted by molar-refractivity contribution is 5.52. The van der Waals surface area contributed by atoms with Gasteiger partial charge in [-0.05, 0) is 13.0 Å². The summed E-state index contributed by atoms with van der Waals surface area (Å²) >= 11 is 0. The first-order valence-corrected chi connectivity index (χ1v) is 5.74. The highest BCUT2D eigenvalue weighted by atomic mass is 16.5. The minimum atomic E-state index is 0.474. The Kier molecular flexibility index (Phi) is 3.43. The van der Waals surface area contributed by atoms with Gasteiger partial charge in [-0.3, -0.25) is 0 Å². The lowest BCUT2D eigenvalue weighted by atomic mass is 9.85. The zero-order valence-electron chi connectivity index (χ0n) is 10.7. The molecule has 1 fully saturated rings. The van der Waals surface area contributed by atoms with Gasteiger partial charge < -0.3 is 19.5 Å². The van der Waals surface area contributed by atoms with Gasteiger partial charge >= 0.3 is 0 Å². The van der Waals surface area contributed by atoms with Crippen LogP contribution in [0.2, 0.25) is 0 Å². The lowest BCUT2D eigenvalue weighted by Gasteiger charge is -2.36. The standard InChI is InChI=1S/C13H19NO3/c1-8-10(7-14-8)9-5-12(16-3)13(17-4)6-11(9)15-2/h5-6,8,10,14H,7H2,1-4H3. The number of nitrogens with one attached hydrogen (secondary N) is 1. The van der Waals surface area contributed by atoms with E-state index in [4.69, 9.17) is 14.2 Å². The molecule has 2 unspecified atom stereocenters. The van der Waals surface area contributed by atoms with Crippen molar-refractivity contribution in [2.45, 2.75) is 18.9 Å². The molecular formula is C13H19NO3. The average molecular weight is 237 g/mol. The van der Waals surface area contributed by atoms with Crippen LogP contribution in [-0.4, -0.2) is 33.9 Å². The van der Waals surface area contributed by atoms with Crippen molar-refractivity contribution in [2.24, 2.45) is 0 Å². The third-order valence-electron chi connectivity index (χ3n) is 3.40. The molecule has 0 amide bonds. The molecule has 17 heavy (non-hydrogen) atoms. The minimum absolute atomic E-state index is 0.474. The SMILES string of the molecule is COc1cc(OC)c(C2CNC2C)cc1OC. The van der Waals surface area contributed by atoms with E-state index < -0.39 is 0 Å². The predicted octanol–water partition coefficient (Wildman–Crippen LogP) is 1.79. The summed E-state index contributed by atoms with van der Waals surface area (Å²) in [7, 11) is 4.96. The summed E-state index contributed by atoms with van der Waals surface area (Å²) in [5.74, 6) is 2.79. The molecular weight excluding hydrogens is 218 g/mol. The summed E-state index contributed by atoms with van der Waals surface area (Å²) in [5.41, 5.74) is 1.18. The molecule has 0 spiro atoms. The van der Waals surface area contributed by atoms with Gasteiger partial charge in [0.05, 0.1) is 21.3 Å². The molecule has 1 aromatic rings. The van der Waals surface area contributed by atoms with Crippen LogP contribution in [-0.2, 0) is 0 Å². The van der Waals surface area contributed by atoms with Crippen LogP contribution in [0.1, 0.15) is 18.4 Å². The molecule has 0 saturated carbocycles. The second-order valence-electron chi connectivity index (χ2n) is 4.25. The van der Waals surface area contributed by atoms with E-state index in [1.807, 2.05) is 12.1 Å². The second-order valence-corrected chi connectivity index (χ2v) is 4.25. The van der Waals surface area contributed by atoms with Crippen molar-refractivity contribution >= 4 is 0 Å².